The number of aliphatic imine (C=N–C) groups is 1. The van der Waals surface area contributed by atoms with Crippen molar-refractivity contribution in [3.05, 3.63) is 35.4 Å². The quantitative estimate of drug-likeness (QED) is 0.526. The summed E-state index contributed by atoms with van der Waals surface area (Å²) in [7, 11) is 1.80. The third-order valence-electron chi connectivity index (χ3n) is 2.72. The average Bonchev–Trinajstić information content (AvgIpc) is 2.43. The molecule has 114 valence electrons. The fraction of sp³-hybridized carbons (Fsp3) is 0.400. The van der Waals surface area contributed by atoms with Crippen LogP contribution in [0.25, 0.3) is 0 Å². The molecule has 3 nitrogen and oxygen atoms in total. The number of rotatable bonds is 4. The molecule has 0 heterocycles. The average molecular weight is 297 g/mol. The molecular formula is C15H18F3N3. The van der Waals surface area contributed by atoms with Crippen molar-refractivity contribution in [3.63, 3.8) is 0 Å². The molecule has 0 radical (unpaired) electrons. The molecule has 1 rings (SSSR count). The zero-order chi connectivity index (χ0) is 15.9. The maximum absolute atomic E-state index is 12.5. The van der Waals surface area contributed by atoms with Crippen molar-refractivity contribution in [2.75, 3.05) is 20.1 Å². The summed E-state index contributed by atoms with van der Waals surface area (Å²) >= 11 is 0. The zero-order valence-electron chi connectivity index (χ0n) is 12.0. The lowest BCUT2D eigenvalue weighted by Crippen LogP contribution is -2.38. The zero-order valence-corrected chi connectivity index (χ0v) is 12.0. The van der Waals surface area contributed by atoms with E-state index < -0.39 is 11.7 Å². The predicted octanol–water partition coefficient (Wildman–Crippen LogP) is 2.74. The third kappa shape index (κ3) is 5.38. The molecule has 0 unspecified atom stereocenters. The van der Waals surface area contributed by atoms with E-state index in [2.05, 4.69) is 16.2 Å². The van der Waals surface area contributed by atoms with Crippen molar-refractivity contribution < 1.29 is 13.2 Å². The Morgan fingerprint density at radius 1 is 1.33 bits per heavy atom. The van der Waals surface area contributed by atoms with Crippen LogP contribution in [0.5, 0.6) is 0 Å². The first-order chi connectivity index (χ1) is 9.88. The molecule has 0 aliphatic rings. The van der Waals surface area contributed by atoms with E-state index in [-0.39, 0.29) is 6.54 Å². The standard InChI is InChI=1S/C15H18F3N3/c1-4-10-20-14(19-5-2)21(3)11-12-6-8-13(9-7-12)15(16,17)18/h1,6-9H,5,10-11H2,2-3H3,(H,19,20). The summed E-state index contributed by atoms with van der Waals surface area (Å²) < 4.78 is 37.5. The van der Waals surface area contributed by atoms with Crippen LogP contribution in [0.2, 0.25) is 0 Å². The SMILES string of the molecule is C#CCN=C(NCC)N(C)Cc1ccc(C(F)(F)F)cc1. The first-order valence-electron chi connectivity index (χ1n) is 6.47. The fourth-order valence-corrected chi connectivity index (χ4v) is 1.74. The lowest BCUT2D eigenvalue weighted by molar-refractivity contribution is -0.137. The summed E-state index contributed by atoms with van der Waals surface area (Å²) in [5.74, 6) is 3.04. The van der Waals surface area contributed by atoms with E-state index in [1.807, 2.05) is 11.8 Å². The second kappa shape index (κ2) is 7.58. The Labute approximate surface area is 122 Å². The van der Waals surface area contributed by atoms with Crippen LogP contribution in [0.3, 0.4) is 0 Å². The maximum atomic E-state index is 12.5. The van der Waals surface area contributed by atoms with Gasteiger partial charge in [0.1, 0.15) is 6.54 Å². The number of nitrogens with one attached hydrogen (secondary N) is 1. The Morgan fingerprint density at radius 3 is 2.43 bits per heavy atom. The minimum atomic E-state index is -4.31. The maximum Gasteiger partial charge on any atom is 0.416 e. The molecule has 0 aliphatic heterocycles. The van der Waals surface area contributed by atoms with E-state index in [4.69, 9.17) is 6.42 Å². The molecular weight excluding hydrogens is 279 g/mol. The number of nitrogens with zero attached hydrogens (tertiary/aromatic N) is 2. The van der Waals surface area contributed by atoms with Crippen molar-refractivity contribution in [2.24, 2.45) is 4.99 Å². The van der Waals surface area contributed by atoms with Gasteiger partial charge < -0.3 is 10.2 Å². The summed E-state index contributed by atoms with van der Waals surface area (Å²) in [5.41, 5.74) is 0.110. The van der Waals surface area contributed by atoms with Gasteiger partial charge in [-0.3, -0.25) is 0 Å². The number of terminal acetylenes is 1. The van der Waals surface area contributed by atoms with E-state index in [0.717, 1.165) is 17.7 Å². The lowest BCUT2D eigenvalue weighted by Gasteiger charge is -2.22. The first kappa shape index (κ1) is 16.9. The van der Waals surface area contributed by atoms with Crippen LogP contribution in [0.15, 0.2) is 29.3 Å². The van der Waals surface area contributed by atoms with Crippen molar-refractivity contribution >= 4 is 5.96 Å². The normalized spacial score (nSPS) is 11.9. The third-order valence-corrected chi connectivity index (χ3v) is 2.72. The van der Waals surface area contributed by atoms with Crippen molar-refractivity contribution in [2.45, 2.75) is 19.6 Å². The lowest BCUT2D eigenvalue weighted by atomic mass is 10.1. The first-order valence-corrected chi connectivity index (χ1v) is 6.47. The molecule has 0 aromatic heterocycles. The van der Waals surface area contributed by atoms with Gasteiger partial charge in [-0.25, -0.2) is 4.99 Å². The van der Waals surface area contributed by atoms with Gasteiger partial charge in [0.05, 0.1) is 5.56 Å². The Balaban J connectivity index is 2.77. The molecule has 1 aromatic carbocycles. The minimum absolute atomic E-state index is 0.250. The molecule has 0 fully saturated rings. The molecule has 0 spiro atoms. The molecule has 1 N–H and O–H groups in total. The number of guanidine groups is 1. The van der Waals surface area contributed by atoms with Crippen molar-refractivity contribution in [1.29, 1.82) is 0 Å². The van der Waals surface area contributed by atoms with E-state index in [1.165, 1.54) is 12.1 Å². The number of hydrogen-bond donors (Lipinski definition) is 1. The van der Waals surface area contributed by atoms with Gasteiger partial charge in [-0.2, -0.15) is 13.2 Å². The number of halogens is 3. The summed E-state index contributed by atoms with van der Waals surface area (Å²) in [4.78, 5) is 6.01. The monoisotopic (exact) mass is 297 g/mol. The van der Waals surface area contributed by atoms with Crippen LogP contribution >= 0.6 is 0 Å². The van der Waals surface area contributed by atoms with Gasteiger partial charge in [-0.05, 0) is 24.6 Å². The van der Waals surface area contributed by atoms with E-state index in [1.54, 1.807) is 7.05 Å². The second-order valence-corrected chi connectivity index (χ2v) is 4.43. The van der Waals surface area contributed by atoms with E-state index in [9.17, 15) is 13.2 Å². The fourth-order valence-electron chi connectivity index (χ4n) is 1.74. The van der Waals surface area contributed by atoms with E-state index in [0.29, 0.717) is 19.0 Å². The smallest absolute Gasteiger partial charge is 0.356 e. The highest BCUT2D eigenvalue weighted by atomic mass is 19.4. The number of hydrogen-bond acceptors (Lipinski definition) is 1. The number of alkyl halides is 3. The van der Waals surface area contributed by atoms with Crippen molar-refractivity contribution in [1.82, 2.24) is 10.2 Å². The Kier molecular flexibility index (Phi) is 6.10. The second-order valence-electron chi connectivity index (χ2n) is 4.43. The highest BCUT2D eigenvalue weighted by Crippen LogP contribution is 2.29. The highest BCUT2D eigenvalue weighted by molar-refractivity contribution is 5.79. The van der Waals surface area contributed by atoms with Gasteiger partial charge in [-0.1, -0.05) is 18.1 Å². The summed E-state index contributed by atoms with van der Waals surface area (Å²) in [6.07, 6.45) is 0.861. The largest absolute Gasteiger partial charge is 0.416 e. The van der Waals surface area contributed by atoms with Gasteiger partial charge in [-0.15, -0.1) is 6.42 Å². The molecule has 0 bridgehead atoms. The Bertz CT molecular complexity index is 512. The molecule has 0 atom stereocenters. The van der Waals surface area contributed by atoms with Crippen LogP contribution in [-0.2, 0) is 12.7 Å². The molecule has 21 heavy (non-hydrogen) atoms. The molecule has 0 saturated heterocycles. The molecule has 6 heteroatoms. The van der Waals surface area contributed by atoms with Crippen LogP contribution in [0, 0.1) is 12.3 Å². The molecule has 0 amide bonds. The van der Waals surface area contributed by atoms with Crippen LogP contribution < -0.4 is 5.32 Å². The minimum Gasteiger partial charge on any atom is -0.356 e. The number of benzene rings is 1. The van der Waals surface area contributed by atoms with Gasteiger partial charge in [0, 0.05) is 20.1 Å². The topological polar surface area (TPSA) is 27.6 Å². The summed E-state index contributed by atoms with van der Waals surface area (Å²) in [6.45, 7) is 3.30. The van der Waals surface area contributed by atoms with Crippen LogP contribution in [0.1, 0.15) is 18.1 Å². The van der Waals surface area contributed by atoms with Gasteiger partial charge >= 0.3 is 6.18 Å². The van der Waals surface area contributed by atoms with Crippen molar-refractivity contribution in [3.8, 4) is 12.3 Å². The molecule has 0 aliphatic carbocycles. The van der Waals surface area contributed by atoms with Crippen LogP contribution in [-0.4, -0.2) is 31.0 Å². The highest BCUT2D eigenvalue weighted by Gasteiger charge is 2.29. The summed E-state index contributed by atoms with van der Waals surface area (Å²) in [5, 5.41) is 3.07. The van der Waals surface area contributed by atoms with Gasteiger partial charge in [0.15, 0.2) is 5.96 Å². The Morgan fingerprint density at radius 2 is 1.95 bits per heavy atom. The van der Waals surface area contributed by atoms with Crippen LogP contribution in [0.4, 0.5) is 13.2 Å². The van der Waals surface area contributed by atoms with Gasteiger partial charge in [0.25, 0.3) is 0 Å². The Hall–Kier alpha value is -2.16. The molecule has 0 saturated carbocycles. The summed E-state index contributed by atoms with van der Waals surface area (Å²) in [6, 6.07) is 5.08. The van der Waals surface area contributed by atoms with Gasteiger partial charge in [0.2, 0.25) is 0 Å². The molecule has 1 aromatic rings. The predicted molar refractivity (Wildman–Crippen MR) is 77.7 cm³/mol. The van der Waals surface area contributed by atoms with E-state index >= 15 is 0 Å².